The Bertz CT molecular complexity index is 2230. The van der Waals surface area contributed by atoms with Crippen molar-refractivity contribution in [3.8, 4) is 22.3 Å². The monoisotopic (exact) mass is 531 g/mol. The van der Waals surface area contributed by atoms with Gasteiger partial charge in [-0.1, -0.05) is 60.7 Å². The zero-order valence-electron chi connectivity index (χ0n) is 20.9. The van der Waals surface area contributed by atoms with Crippen LogP contribution in [-0.2, 0) is 0 Å². The molecule has 1 N–H and O–H groups in total. The highest BCUT2D eigenvalue weighted by Gasteiger charge is 2.12. The first kappa shape index (κ1) is 21.5. The van der Waals surface area contributed by atoms with Crippen LogP contribution in [0.2, 0.25) is 0 Å². The number of rotatable bonds is 2. The van der Waals surface area contributed by atoms with E-state index in [0.717, 1.165) is 0 Å². The van der Waals surface area contributed by atoms with Crippen molar-refractivity contribution in [3.63, 3.8) is 0 Å². The number of aromatic amines is 1. The van der Waals surface area contributed by atoms with Gasteiger partial charge in [0.1, 0.15) is 0 Å². The molecule has 0 fully saturated rings. The molecule has 1 nitrogen and oxygen atoms in total. The van der Waals surface area contributed by atoms with Crippen LogP contribution in [0.25, 0.3) is 84.4 Å². The van der Waals surface area contributed by atoms with Crippen LogP contribution in [0.15, 0.2) is 121 Å². The van der Waals surface area contributed by atoms with Crippen molar-refractivity contribution in [2.45, 2.75) is 0 Å². The Morgan fingerprint density at radius 3 is 1.21 bits per heavy atom. The molecule has 9 rings (SSSR count). The lowest BCUT2D eigenvalue weighted by atomic mass is 9.98. The first-order valence-electron chi connectivity index (χ1n) is 13.2. The topological polar surface area (TPSA) is 15.8 Å². The van der Waals surface area contributed by atoms with Gasteiger partial charge >= 0.3 is 0 Å². The molecule has 0 aliphatic carbocycles. The van der Waals surface area contributed by atoms with E-state index in [-0.39, 0.29) is 0 Å². The molecule has 9 aromatic rings. The normalized spacial score (nSPS) is 12.1. The van der Waals surface area contributed by atoms with E-state index in [1.807, 2.05) is 22.7 Å². The van der Waals surface area contributed by atoms with Crippen molar-refractivity contribution in [2.24, 2.45) is 0 Å². The summed E-state index contributed by atoms with van der Waals surface area (Å²) in [6, 6.07) is 44.8. The summed E-state index contributed by atoms with van der Waals surface area (Å²) in [7, 11) is 0. The fraction of sp³-hybridized carbons (Fsp3) is 0. The number of thiophene rings is 2. The summed E-state index contributed by atoms with van der Waals surface area (Å²) in [6.45, 7) is 0. The van der Waals surface area contributed by atoms with Gasteiger partial charge in [0, 0.05) is 62.2 Å². The predicted octanol–water partition coefficient (Wildman–Crippen LogP) is 11.4. The molecule has 0 spiro atoms. The lowest BCUT2D eigenvalue weighted by molar-refractivity contribution is 1.54. The minimum Gasteiger partial charge on any atom is -0.355 e. The first-order valence-corrected chi connectivity index (χ1v) is 14.8. The van der Waals surface area contributed by atoms with Gasteiger partial charge in [-0.2, -0.15) is 0 Å². The smallest absolute Gasteiger partial charge is 0.0465 e. The third kappa shape index (κ3) is 3.24. The summed E-state index contributed by atoms with van der Waals surface area (Å²) in [4.78, 5) is 3.64. The lowest BCUT2D eigenvalue weighted by Gasteiger charge is -2.05. The molecule has 0 unspecified atom stereocenters. The highest BCUT2D eigenvalue weighted by molar-refractivity contribution is 7.26. The quantitative estimate of drug-likeness (QED) is 0.228. The Hall–Kier alpha value is -4.44. The minimum absolute atomic E-state index is 1.17. The Morgan fingerprint density at radius 2 is 0.718 bits per heavy atom. The molecular formula is C36H21NS2. The van der Waals surface area contributed by atoms with Crippen LogP contribution < -0.4 is 0 Å². The van der Waals surface area contributed by atoms with Crippen molar-refractivity contribution in [1.82, 2.24) is 4.98 Å². The maximum absolute atomic E-state index is 3.64. The number of nitrogens with one attached hydrogen (secondary N) is 1. The molecule has 3 aromatic heterocycles. The van der Waals surface area contributed by atoms with Crippen molar-refractivity contribution >= 4 is 84.8 Å². The number of hydrogen-bond acceptors (Lipinski definition) is 2. The van der Waals surface area contributed by atoms with Crippen LogP contribution in [0.4, 0.5) is 0 Å². The molecule has 3 heterocycles. The van der Waals surface area contributed by atoms with Crippen molar-refractivity contribution in [3.05, 3.63) is 121 Å². The van der Waals surface area contributed by atoms with Crippen LogP contribution in [0.3, 0.4) is 0 Å². The highest BCUT2D eigenvalue weighted by atomic mass is 32.1. The van der Waals surface area contributed by atoms with Crippen molar-refractivity contribution in [2.75, 3.05) is 0 Å². The average molecular weight is 532 g/mol. The van der Waals surface area contributed by atoms with E-state index in [1.165, 1.54) is 84.4 Å². The number of fused-ring (bicyclic) bond motifs is 9. The largest absolute Gasteiger partial charge is 0.355 e. The van der Waals surface area contributed by atoms with E-state index in [4.69, 9.17) is 0 Å². The molecule has 0 aliphatic heterocycles. The third-order valence-corrected chi connectivity index (χ3v) is 10.3. The molecule has 0 bridgehead atoms. The number of hydrogen-bond donors (Lipinski definition) is 1. The average Bonchev–Trinajstić information content (AvgIpc) is 3.66. The molecule has 0 saturated carbocycles. The van der Waals surface area contributed by atoms with E-state index in [2.05, 4.69) is 126 Å². The van der Waals surface area contributed by atoms with Crippen LogP contribution in [0, 0.1) is 0 Å². The summed E-state index contributed by atoms with van der Waals surface area (Å²) in [5, 5.41) is 7.89. The second kappa shape index (κ2) is 8.03. The molecule has 0 amide bonds. The molecule has 0 aliphatic rings. The Balaban J connectivity index is 1.20. The molecule has 182 valence electrons. The van der Waals surface area contributed by atoms with Gasteiger partial charge in [-0.15, -0.1) is 22.7 Å². The summed E-state index contributed by atoms with van der Waals surface area (Å²) < 4.78 is 5.37. The van der Waals surface area contributed by atoms with Gasteiger partial charge < -0.3 is 4.98 Å². The third-order valence-electron chi connectivity index (χ3n) is 8.02. The highest BCUT2D eigenvalue weighted by Crippen LogP contribution is 2.39. The summed E-state index contributed by atoms with van der Waals surface area (Å²) in [5.74, 6) is 0. The van der Waals surface area contributed by atoms with Gasteiger partial charge in [-0.3, -0.25) is 0 Å². The molecular weight excluding hydrogens is 511 g/mol. The van der Waals surface area contributed by atoms with E-state index in [1.54, 1.807) is 0 Å². The van der Waals surface area contributed by atoms with Gasteiger partial charge in [0.05, 0.1) is 0 Å². The van der Waals surface area contributed by atoms with Crippen LogP contribution in [0.1, 0.15) is 0 Å². The lowest BCUT2D eigenvalue weighted by Crippen LogP contribution is -1.79. The van der Waals surface area contributed by atoms with E-state index in [0.29, 0.717) is 0 Å². The Labute approximate surface area is 232 Å². The number of benzene rings is 6. The van der Waals surface area contributed by atoms with E-state index >= 15 is 0 Å². The number of H-pyrrole nitrogens is 1. The van der Waals surface area contributed by atoms with Gasteiger partial charge in [-0.25, -0.2) is 0 Å². The van der Waals surface area contributed by atoms with Gasteiger partial charge in [-0.05, 0) is 82.9 Å². The van der Waals surface area contributed by atoms with Crippen molar-refractivity contribution < 1.29 is 0 Å². The second-order valence-corrected chi connectivity index (χ2v) is 12.4. The number of aromatic nitrogens is 1. The zero-order chi connectivity index (χ0) is 25.5. The van der Waals surface area contributed by atoms with Crippen LogP contribution in [0.5, 0.6) is 0 Å². The second-order valence-electron chi connectivity index (χ2n) is 10.3. The minimum atomic E-state index is 1.17. The maximum Gasteiger partial charge on any atom is 0.0465 e. The van der Waals surface area contributed by atoms with E-state index in [9.17, 15) is 0 Å². The van der Waals surface area contributed by atoms with Crippen LogP contribution in [-0.4, -0.2) is 4.98 Å². The maximum atomic E-state index is 3.64. The Morgan fingerprint density at radius 1 is 0.333 bits per heavy atom. The van der Waals surface area contributed by atoms with Crippen LogP contribution >= 0.6 is 22.7 Å². The standard InChI is InChI=1S/C36H21NS2/c1-3-7-33-25(5-1)29-19-23(11-15-35(29)38-33)21-9-13-31-27(17-21)28-18-22(10-14-32(28)37-31)24-12-16-36-30(20-24)26-6-2-4-8-34(26)39-36/h1-20,37H. The molecule has 6 aromatic carbocycles. The predicted molar refractivity (Wildman–Crippen MR) is 172 cm³/mol. The van der Waals surface area contributed by atoms with E-state index < -0.39 is 0 Å². The molecule has 3 heteroatoms. The molecule has 0 saturated heterocycles. The molecule has 39 heavy (non-hydrogen) atoms. The first-order chi connectivity index (χ1) is 19.3. The fourth-order valence-electron chi connectivity index (χ4n) is 6.07. The SMILES string of the molecule is c1ccc2c(c1)sc1ccc(-c3ccc4[nH]c5ccc(-c6ccc7sc8ccccc8c7c6)cc5c4c3)cc12. The zero-order valence-corrected chi connectivity index (χ0v) is 22.5. The van der Waals surface area contributed by atoms with Crippen molar-refractivity contribution in [1.29, 1.82) is 0 Å². The fourth-order valence-corrected chi connectivity index (χ4v) is 8.24. The Kier molecular flexibility index (Phi) is 4.43. The van der Waals surface area contributed by atoms with Gasteiger partial charge in [0.25, 0.3) is 0 Å². The molecule has 0 atom stereocenters. The summed E-state index contributed by atoms with van der Waals surface area (Å²) >= 11 is 3.74. The summed E-state index contributed by atoms with van der Waals surface area (Å²) in [5.41, 5.74) is 7.36. The summed E-state index contributed by atoms with van der Waals surface area (Å²) in [6.07, 6.45) is 0. The molecule has 0 radical (unpaired) electrons. The van der Waals surface area contributed by atoms with Gasteiger partial charge in [0.2, 0.25) is 0 Å². The van der Waals surface area contributed by atoms with Gasteiger partial charge in [0.15, 0.2) is 0 Å².